The van der Waals surface area contributed by atoms with Gasteiger partial charge in [-0.15, -0.1) is 0 Å². The standard InChI is InChI=1S/C22H28N2O3/c1-26-20-8-6-7-17(22(20)27-2)9-14-21(25)23-18-10-12-19(13-11-18)24-15-4-3-5-16-24/h6-8,10-13H,3-5,9,14-16H2,1-2H3,(H,23,25). The third-order valence-electron chi connectivity index (χ3n) is 4.98. The quantitative estimate of drug-likeness (QED) is 0.793. The van der Waals surface area contributed by atoms with Gasteiger partial charge in [0, 0.05) is 30.9 Å². The lowest BCUT2D eigenvalue weighted by atomic mass is 10.1. The fourth-order valence-corrected chi connectivity index (χ4v) is 3.53. The van der Waals surface area contributed by atoms with Crippen LogP contribution in [0.2, 0.25) is 0 Å². The lowest BCUT2D eigenvalue weighted by Gasteiger charge is -2.28. The third-order valence-corrected chi connectivity index (χ3v) is 4.98. The summed E-state index contributed by atoms with van der Waals surface area (Å²) >= 11 is 0. The maximum Gasteiger partial charge on any atom is 0.224 e. The van der Waals surface area contributed by atoms with E-state index in [1.54, 1.807) is 14.2 Å². The molecular weight excluding hydrogens is 340 g/mol. The second-order valence-corrected chi connectivity index (χ2v) is 6.80. The van der Waals surface area contributed by atoms with E-state index in [1.807, 2.05) is 30.3 Å². The number of ether oxygens (including phenoxy) is 2. The minimum absolute atomic E-state index is 0.00871. The number of methoxy groups -OCH3 is 2. The second kappa shape index (κ2) is 9.31. The molecule has 5 nitrogen and oxygen atoms in total. The Labute approximate surface area is 161 Å². The maximum absolute atomic E-state index is 12.3. The van der Waals surface area contributed by atoms with Gasteiger partial charge in [0.1, 0.15) is 0 Å². The number of anilines is 2. The first kappa shape index (κ1) is 19.1. The van der Waals surface area contributed by atoms with E-state index >= 15 is 0 Å². The van der Waals surface area contributed by atoms with Crippen molar-refractivity contribution in [1.29, 1.82) is 0 Å². The Morgan fingerprint density at radius 1 is 1.00 bits per heavy atom. The predicted octanol–water partition coefficient (Wildman–Crippen LogP) is 4.27. The van der Waals surface area contributed by atoms with Gasteiger partial charge in [-0.2, -0.15) is 0 Å². The van der Waals surface area contributed by atoms with Crippen LogP contribution in [0.1, 0.15) is 31.2 Å². The van der Waals surface area contributed by atoms with Crippen molar-refractivity contribution in [3.8, 4) is 11.5 Å². The zero-order valence-electron chi connectivity index (χ0n) is 16.2. The normalized spacial score (nSPS) is 13.9. The molecule has 1 saturated heterocycles. The molecule has 1 heterocycles. The third kappa shape index (κ3) is 4.94. The fraction of sp³-hybridized carbons (Fsp3) is 0.409. The molecule has 5 heteroatoms. The van der Waals surface area contributed by atoms with Crippen LogP contribution >= 0.6 is 0 Å². The summed E-state index contributed by atoms with van der Waals surface area (Å²) < 4.78 is 10.7. The highest BCUT2D eigenvalue weighted by Gasteiger charge is 2.13. The fourth-order valence-electron chi connectivity index (χ4n) is 3.53. The zero-order valence-corrected chi connectivity index (χ0v) is 16.2. The Kier molecular flexibility index (Phi) is 6.58. The van der Waals surface area contributed by atoms with E-state index in [-0.39, 0.29) is 5.91 Å². The van der Waals surface area contributed by atoms with Crippen molar-refractivity contribution in [2.75, 3.05) is 37.5 Å². The molecule has 1 N–H and O–H groups in total. The Morgan fingerprint density at radius 3 is 2.41 bits per heavy atom. The predicted molar refractivity (Wildman–Crippen MR) is 109 cm³/mol. The van der Waals surface area contributed by atoms with Gasteiger partial charge < -0.3 is 19.7 Å². The second-order valence-electron chi connectivity index (χ2n) is 6.80. The molecule has 27 heavy (non-hydrogen) atoms. The number of hydrogen-bond acceptors (Lipinski definition) is 4. The minimum atomic E-state index is -0.00871. The van der Waals surface area contributed by atoms with Gasteiger partial charge in [0.2, 0.25) is 5.91 Å². The van der Waals surface area contributed by atoms with Crippen molar-refractivity contribution in [1.82, 2.24) is 0 Å². The lowest BCUT2D eigenvalue weighted by molar-refractivity contribution is -0.116. The minimum Gasteiger partial charge on any atom is -0.493 e. The van der Waals surface area contributed by atoms with Crippen molar-refractivity contribution in [3.63, 3.8) is 0 Å². The molecule has 0 spiro atoms. The molecule has 0 atom stereocenters. The molecule has 2 aromatic rings. The maximum atomic E-state index is 12.3. The van der Waals surface area contributed by atoms with Crippen molar-refractivity contribution < 1.29 is 14.3 Å². The van der Waals surface area contributed by atoms with Crippen LogP contribution in [0.4, 0.5) is 11.4 Å². The number of para-hydroxylation sites is 1. The van der Waals surface area contributed by atoms with Crippen LogP contribution in [-0.2, 0) is 11.2 Å². The molecule has 3 rings (SSSR count). The molecule has 0 bridgehead atoms. The number of amides is 1. The number of rotatable bonds is 7. The number of benzene rings is 2. The van der Waals surface area contributed by atoms with Crippen LogP contribution in [0.5, 0.6) is 11.5 Å². The SMILES string of the molecule is COc1cccc(CCC(=O)Nc2ccc(N3CCCCC3)cc2)c1OC. The van der Waals surface area contributed by atoms with E-state index in [0.29, 0.717) is 24.3 Å². The Balaban J connectivity index is 1.55. The molecule has 0 radical (unpaired) electrons. The summed E-state index contributed by atoms with van der Waals surface area (Å²) in [6.07, 6.45) is 4.82. The molecule has 2 aromatic carbocycles. The van der Waals surface area contributed by atoms with Crippen molar-refractivity contribution in [2.24, 2.45) is 0 Å². The van der Waals surface area contributed by atoms with Gasteiger partial charge >= 0.3 is 0 Å². The monoisotopic (exact) mass is 368 g/mol. The van der Waals surface area contributed by atoms with Crippen LogP contribution in [-0.4, -0.2) is 33.2 Å². The number of hydrogen-bond donors (Lipinski definition) is 1. The highest BCUT2D eigenvalue weighted by atomic mass is 16.5. The molecule has 144 valence electrons. The summed E-state index contributed by atoms with van der Waals surface area (Å²) in [6.45, 7) is 2.24. The van der Waals surface area contributed by atoms with Gasteiger partial charge in [0.25, 0.3) is 0 Å². The highest BCUT2D eigenvalue weighted by molar-refractivity contribution is 5.91. The highest BCUT2D eigenvalue weighted by Crippen LogP contribution is 2.31. The zero-order chi connectivity index (χ0) is 19.1. The van der Waals surface area contributed by atoms with Crippen LogP contribution in [0.15, 0.2) is 42.5 Å². The number of nitrogens with zero attached hydrogens (tertiary/aromatic N) is 1. The Morgan fingerprint density at radius 2 is 1.74 bits per heavy atom. The van der Waals surface area contributed by atoms with E-state index in [1.165, 1.54) is 24.9 Å². The number of piperidine rings is 1. The van der Waals surface area contributed by atoms with E-state index in [4.69, 9.17) is 9.47 Å². The molecule has 1 aliphatic rings. The van der Waals surface area contributed by atoms with Crippen LogP contribution in [0.25, 0.3) is 0 Å². The molecular formula is C22H28N2O3. The smallest absolute Gasteiger partial charge is 0.224 e. The van der Waals surface area contributed by atoms with Crippen LogP contribution in [0, 0.1) is 0 Å². The summed E-state index contributed by atoms with van der Waals surface area (Å²) in [6, 6.07) is 13.9. The molecule has 0 aromatic heterocycles. The number of aryl methyl sites for hydroxylation is 1. The Bertz CT molecular complexity index is 753. The lowest BCUT2D eigenvalue weighted by Crippen LogP contribution is -2.29. The van der Waals surface area contributed by atoms with Gasteiger partial charge in [-0.1, -0.05) is 12.1 Å². The van der Waals surface area contributed by atoms with Crippen molar-refractivity contribution in [3.05, 3.63) is 48.0 Å². The van der Waals surface area contributed by atoms with Gasteiger partial charge in [0.05, 0.1) is 14.2 Å². The summed E-state index contributed by atoms with van der Waals surface area (Å²) in [4.78, 5) is 14.7. The number of nitrogens with one attached hydrogen (secondary N) is 1. The van der Waals surface area contributed by atoms with Gasteiger partial charge in [-0.3, -0.25) is 4.79 Å². The summed E-state index contributed by atoms with van der Waals surface area (Å²) in [7, 11) is 3.23. The first-order chi connectivity index (χ1) is 13.2. The van der Waals surface area contributed by atoms with Crippen molar-refractivity contribution >= 4 is 17.3 Å². The molecule has 1 fully saturated rings. The van der Waals surface area contributed by atoms with Crippen molar-refractivity contribution in [2.45, 2.75) is 32.1 Å². The largest absolute Gasteiger partial charge is 0.493 e. The van der Waals surface area contributed by atoms with Gasteiger partial charge in [-0.25, -0.2) is 0 Å². The van der Waals surface area contributed by atoms with E-state index < -0.39 is 0 Å². The summed E-state index contributed by atoms with van der Waals surface area (Å²) in [5, 5.41) is 2.98. The summed E-state index contributed by atoms with van der Waals surface area (Å²) in [5.41, 5.74) is 3.03. The van der Waals surface area contributed by atoms with Crippen LogP contribution in [0.3, 0.4) is 0 Å². The van der Waals surface area contributed by atoms with Gasteiger partial charge in [-0.05, 0) is 61.6 Å². The topological polar surface area (TPSA) is 50.8 Å². The Hall–Kier alpha value is -2.69. The molecule has 0 saturated carbocycles. The van der Waals surface area contributed by atoms with Crippen LogP contribution < -0.4 is 19.7 Å². The molecule has 1 amide bonds. The van der Waals surface area contributed by atoms with E-state index in [9.17, 15) is 4.79 Å². The molecule has 0 unspecified atom stereocenters. The first-order valence-electron chi connectivity index (χ1n) is 9.56. The summed E-state index contributed by atoms with van der Waals surface area (Å²) in [5.74, 6) is 1.37. The number of carbonyl (C=O) groups is 1. The average Bonchev–Trinajstić information content (AvgIpc) is 2.73. The first-order valence-corrected chi connectivity index (χ1v) is 9.56. The van der Waals surface area contributed by atoms with E-state index in [0.717, 1.165) is 24.3 Å². The van der Waals surface area contributed by atoms with Gasteiger partial charge in [0.15, 0.2) is 11.5 Å². The molecule has 0 aliphatic carbocycles. The number of carbonyl (C=O) groups excluding carboxylic acids is 1. The average molecular weight is 368 g/mol. The molecule has 1 aliphatic heterocycles. The van der Waals surface area contributed by atoms with E-state index in [2.05, 4.69) is 22.3 Å².